The van der Waals surface area contributed by atoms with Crippen LogP contribution in [0.2, 0.25) is 0 Å². The van der Waals surface area contributed by atoms with E-state index in [4.69, 9.17) is 0 Å². The molecule has 0 N–H and O–H groups in total. The van der Waals surface area contributed by atoms with Gasteiger partial charge in [0.15, 0.2) is 0 Å². The maximum Gasteiger partial charge on any atom is 0.416 e. The molecule has 32 heavy (non-hydrogen) atoms. The summed E-state index contributed by atoms with van der Waals surface area (Å²) in [7, 11) is 0. The standard InChI is InChI=1S/C25H21F3N2O2/c1-16-7-11-19(12-8-16)24(32)30-17(2)23(31)29(21-5-3-4-6-22(21)30)15-18-9-13-20(14-10-18)25(26,27)28/h3-14,17H,15H2,1-2H3. The van der Waals surface area contributed by atoms with Crippen LogP contribution in [0.3, 0.4) is 0 Å². The second kappa shape index (κ2) is 8.15. The molecule has 0 fully saturated rings. The third-order valence-electron chi connectivity index (χ3n) is 5.58. The summed E-state index contributed by atoms with van der Waals surface area (Å²) in [4.78, 5) is 29.5. The Labute approximate surface area is 183 Å². The number of aryl methyl sites for hydroxylation is 1. The molecule has 4 rings (SSSR count). The zero-order valence-electron chi connectivity index (χ0n) is 17.6. The van der Waals surface area contributed by atoms with Gasteiger partial charge in [0.1, 0.15) is 6.04 Å². The fourth-order valence-corrected chi connectivity index (χ4v) is 3.82. The van der Waals surface area contributed by atoms with Gasteiger partial charge < -0.3 is 4.90 Å². The second-order valence-corrected chi connectivity index (χ2v) is 7.82. The first-order valence-electron chi connectivity index (χ1n) is 10.1. The lowest BCUT2D eigenvalue weighted by Gasteiger charge is -2.40. The minimum Gasteiger partial charge on any atom is -0.304 e. The number of carbonyl (C=O) groups excluding carboxylic acids is 2. The number of fused-ring (bicyclic) bond motifs is 1. The number of hydrogen-bond acceptors (Lipinski definition) is 2. The largest absolute Gasteiger partial charge is 0.416 e. The predicted molar refractivity (Wildman–Crippen MR) is 117 cm³/mol. The van der Waals surface area contributed by atoms with Gasteiger partial charge in [0.2, 0.25) is 5.91 Å². The van der Waals surface area contributed by atoms with Crippen LogP contribution in [0.5, 0.6) is 0 Å². The van der Waals surface area contributed by atoms with Gasteiger partial charge in [-0.2, -0.15) is 13.2 Å². The first kappa shape index (κ1) is 21.6. The SMILES string of the molecule is Cc1ccc(C(=O)N2c3ccccc3N(Cc3ccc(C(F)(F)F)cc3)C(=O)C2C)cc1. The molecule has 3 aromatic carbocycles. The molecular formula is C25H21F3N2O2. The molecule has 0 spiro atoms. The van der Waals surface area contributed by atoms with E-state index in [1.807, 2.05) is 19.1 Å². The summed E-state index contributed by atoms with van der Waals surface area (Å²) in [6.07, 6.45) is -4.42. The van der Waals surface area contributed by atoms with Crippen molar-refractivity contribution in [2.24, 2.45) is 0 Å². The number of para-hydroxylation sites is 2. The fraction of sp³-hybridized carbons (Fsp3) is 0.200. The third-order valence-corrected chi connectivity index (χ3v) is 5.58. The van der Waals surface area contributed by atoms with Crippen molar-refractivity contribution in [2.75, 3.05) is 9.80 Å². The van der Waals surface area contributed by atoms with Crippen LogP contribution in [0.1, 0.15) is 34.0 Å². The van der Waals surface area contributed by atoms with E-state index in [-0.39, 0.29) is 18.4 Å². The highest BCUT2D eigenvalue weighted by atomic mass is 19.4. The molecule has 1 aliphatic heterocycles. The molecule has 3 aromatic rings. The topological polar surface area (TPSA) is 40.6 Å². The Hall–Kier alpha value is -3.61. The highest BCUT2D eigenvalue weighted by Gasteiger charge is 2.39. The normalized spacial score (nSPS) is 16.2. The van der Waals surface area contributed by atoms with Crippen molar-refractivity contribution >= 4 is 23.2 Å². The van der Waals surface area contributed by atoms with Crippen molar-refractivity contribution in [3.63, 3.8) is 0 Å². The van der Waals surface area contributed by atoms with E-state index >= 15 is 0 Å². The van der Waals surface area contributed by atoms with Crippen molar-refractivity contribution in [3.05, 3.63) is 95.1 Å². The van der Waals surface area contributed by atoms with E-state index in [2.05, 4.69) is 0 Å². The van der Waals surface area contributed by atoms with Gasteiger partial charge in [-0.15, -0.1) is 0 Å². The number of hydrogen-bond donors (Lipinski definition) is 0. The summed E-state index contributed by atoms with van der Waals surface area (Å²) >= 11 is 0. The lowest BCUT2D eigenvalue weighted by Crippen LogP contribution is -2.54. The molecule has 4 nitrogen and oxygen atoms in total. The molecule has 2 amide bonds. The van der Waals surface area contributed by atoms with Crippen molar-refractivity contribution in [1.82, 2.24) is 0 Å². The minimum absolute atomic E-state index is 0.102. The van der Waals surface area contributed by atoms with Gasteiger partial charge in [0, 0.05) is 5.56 Å². The van der Waals surface area contributed by atoms with Gasteiger partial charge in [-0.25, -0.2) is 0 Å². The summed E-state index contributed by atoms with van der Waals surface area (Å²) in [5, 5.41) is 0. The van der Waals surface area contributed by atoms with Crippen molar-refractivity contribution in [3.8, 4) is 0 Å². The Bertz CT molecular complexity index is 1160. The minimum atomic E-state index is -4.42. The zero-order valence-corrected chi connectivity index (χ0v) is 17.6. The van der Waals surface area contributed by atoms with Crippen LogP contribution in [-0.4, -0.2) is 17.9 Å². The average molecular weight is 438 g/mol. The van der Waals surface area contributed by atoms with Gasteiger partial charge in [-0.3, -0.25) is 14.5 Å². The Morgan fingerprint density at radius 2 is 1.50 bits per heavy atom. The number of carbonyl (C=O) groups is 2. The second-order valence-electron chi connectivity index (χ2n) is 7.82. The zero-order chi connectivity index (χ0) is 23.0. The van der Waals surface area contributed by atoms with Crippen LogP contribution < -0.4 is 9.80 Å². The molecule has 164 valence electrons. The van der Waals surface area contributed by atoms with Crippen molar-refractivity contribution in [2.45, 2.75) is 32.6 Å². The Balaban J connectivity index is 1.68. The summed E-state index contributed by atoms with van der Waals surface area (Å²) in [6, 6.07) is 18.2. The van der Waals surface area contributed by atoms with Gasteiger partial charge in [0.25, 0.3) is 5.91 Å². The Kier molecular flexibility index (Phi) is 5.50. The van der Waals surface area contributed by atoms with Gasteiger partial charge in [-0.1, -0.05) is 42.0 Å². The molecule has 0 aliphatic carbocycles. The summed E-state index contributed by atoms with van der Waals surface area (Å²) in [5.74, 6) is -0.587. The fourth-order valence-electron chi connectivity index (χ4n) is 3.82. The van der Waals surface area contributed by atoms with Gasteiger partial charge in [-0.05, 0) is 55.8 Å². The lowest BCUT2D eigenvalue weighted by atomic mass is 10.0. The maximum atomic E-state index is 13.3. The van der Waals surface area contributed by atoms with Crippen LogP contribution in [0.15, 0.2) is 72.8 Å². The summed E-state index contributed by atoms with van der Waals surface area (Å²) in [5.41, 5.74) is 2.43. The summed E-state index contributed by atoms with van der Waals surface area (Å²) < 4.78 is 38.6. The Morgan fingerprint density at radius 1 is 0.906 bits per heavy atom. The van der Waals surface area contributed by atoms with Crippen LogP contribution >= 0.6 is 0 Å². The van der Waals surface area contributed by atoms with Crippen LogP contribution in [0.25, 0.3) is 0 Å². The van der Waals surface area contributed by atoms with Crippen molar-refractivity contribution in [1.29, 1.82) is 0 Å². The maximum absolute atomic E-state index is 13.3. The number of alkyl halides is 3. The number of halogens is 3. The molecule has 0 aromatic heterocycles. The number of anilines is 2. The molecular weight excluding hydrogens is 417 g/mol. The molecule has 0 radical (unpaired) electrons. The number of benzene rings is 3. The molecule has 1 unspecified atom stereocenters. The van der Waals surface area contributed by atoms with Gasteiger partial charge >= 0.3 is 6.18 Å². The third kappa shape index (κ3) is 3.98. The number of nitrogens with zero attached hydrogens (tertiary/aromatic N) is 2. The molecule has 0 saturated carbocycles. The summed E-state index contributed by atoms with van der Waals surface area (Å²) in [6.45, 7) is 3.69. The molecule has 1 heterocycles. The number of rotatable bonds is 3. The van der Waals surface area contributed by atoms with E-state index in [9.17, 15) is 22.8 Å². The van der Waals surface area contributed by atoms with E-state index in [1.54, 1.807) is 43.3 Å². The first-order valence-corrected chi connectivity index (χ1v) is 10.1. The Morgan fingerprint density at radius 3 is 2.09 bits per heavy atom. The monoisotopic (exact) mass is 438 g/mol. The highest BCUT2D eigenvalue weighted by Crippen LogP contribution is 2.38. The van der Waals surface area contributed by atoms with Crippen LogP contribution in [-0.2, 0) is 17.5 Å². The average Bonchev–Trinajstić information content (AvgIpc) is 2.77. The smallest absolute Gasteiger partial charge is 0.304 e. The van der Waals surface area contributed by atoms with E-state index in [0.29, 0.717) is 22.5 Å². The predicted octanol–water partition coefficient (Wildman–Crippen LogP) is 5.60. The molecule has 0 saturated heterocycles. The number of amides is 2. The van der Waals surface area contributed by atoms with E-state index in [0.717, 1.165) is 17.7 Å². The lowest BCUT2D eigenvalue weighted by molar-refractivity contribution is -0.137. The van der Waals surface area contributed by atoms with Crippen LogP contribution in [0, 0.1) is 6.92 Å². The van der Waals surface area contributed by atoms with Crippen molar-refractivity contribution < 1.29 is 22.8 Å². The molecule has 1 aliphatic rings. The molecule has 0 bridgehead atoms. The first-order chi connectivity index (χ1) is 15.2. The van der Waals surface area contributed by atoms with Crippen LogP contribution in [0.4, 0.5) is 24.5 Å². The van der Waals surface area contributed by atoms with E-state index < -0.39 is 17.8 Å². The van der Waals surface area contributed by atoms with E-state index in [1.165, 1.54) is 21.9 Å². The molecule has 7 heteroatoms. The quantitative estimate of drug-likeness (QED) is 0.534. The van der Waals surface area contributed by atoms with Gasteiger partial charge in [0.05, 0.1) is 23.5 Å². The molecule has 1 atom stereocenters. The highest BCUT2D eigenvalue weighted by molar-refractivity contribution is 6.17.